The van der Waals surface area contributed by atoms with Gasteiger partial charge < -0.3 is 9.72 Å². The normalized spacial score (nSPS) is 10.4. The van der Waals surface area contributed by atoms with Gasteiger partial charge in [0.05, 0.1) is 4.92 Å². The first-order valence-electron chi connectivity index (χ1n) is 6.36. The van der Waals surface area contributed by atoms with Gasteiger partial charge in [-0.15, -0.1) is 6.42 Å². The third-order valence-electron chi connectivity index (χ3n) is 2.75. The number of terminal acetylenes is 1. The Bertz CT molecular complexity index is 918. The van der Waals surface area contributed by atoms with Crippen molar-refractivity contribution in [2.45, 2.75) is 0 Å². The fourth-order valence-electron chi connectivity index (χ4n) is 1.81. The van der Waals surface area contributed by atoms with E-state index in [9.17, 15) is 19.7 Å². The number of H-pyrrole nitrogens is 2. The molecular formula is C15H11N3O5. The number of nitrogens with zero attached hydrogens (tertiary/aromatic N) is 1. The molecule has 2 N–H and O–H groups in total. The van der Waals surface area contributed by atoms with Crippen LogP contribution in [-0.2, 0) is 0 Å². The van der Waals surface area contributed by atoms with Crippen LogP contribution >= 0.6 is 0 Å². The maximum Gasteiger partial charge on any atom is 0.357 e. The number of nitrogens with one attached hydrogen (secondary N) is 2. The van der Waals surface area contributed by atoms with Crippen molar-refractivity contribution in [2.75, 3.05) is 6.61 Å². The van der Waals surface area contributed by atoms with Gasteiger partial charge in [0.25, 0.3) is 0 Å². The first-order chi connectivity index (χ1) is 11.0. The molecule has 0 atom stereocenters. The standard InChI is InChI=1S/C15H11N3O5/c1-2-8-23-11-5-3-4-10(9-11)6-7-12-13(18(21)22)14(19)17-15(20)16-12/h1,3-7,9H,8H2,(H2,16,17,19,20)/b7-6+. The van der Waals surface area contributed by atoms with Crippen LogP contribution in [0.1, 0.15) is 11.3 Å². The molecule has 0 spiro atoms. The van der Waals surface area contributed by atoms with E-state index in [0.717, 1.165) is 0 Å². The molecule has 1 aromatic heterocycles. The predicted octanol–water partition coefficient (Wildman–Crippen LogP) is 1.15. The van der Waals surface area contributed by atoms with Crippen molar-refractivity contribution < 1.29 is 9.66 Å². The van der Waals surface area contributed by atoms with E-state index in [0.29, 0.717) is 11.3 Å². The van der Waals surface area contributed by atoms with Gasteiger partial charge in [0, 0.05) is 0 Å². The SMILES string of the molecule is C#CCOc1cccc(/C=C/c2[nH]c(=O)[nH]c(=O)c2[N+](=O)[O-])c1. The highest BCUT2D eigenvalue weighted by Crippen LogP contribution is 2.17. The maximum absolute atomic E-state index is 11.5. The van der Waals surface area contributed by atoms with Crippen LogP contribution in [0.25, 0.3) is 12.2 Å². The Kier molecular flexibility index (Phi) is 4.74. The summed E-state index contributed by atoms with van der Waals surface area (Å²) in [5, 5.41) is 10.9. The maximum atomic E-state index is 11.5. The minimum absolute atomic E-state index is 0.111. The molecule has 0 saturated carbocycles. The van der Waals surface area contributed by atoms with Crippen LogP contribution in [-0.4, -0.2) is 21.5 Å². The van der Waals surface area contributed by atoms with E-state index in [-0.39, 0.29) is 12.3 Å². The Morgan fingerprint density at radius 3 is 2.78 bits per heavy atom. The van der Waals surface area contributed by atoms with Crippen LogP contribution in [0.4, 0.5) is 5.69 Å². The van der Waals surface area contributed by atoms with Crippen LogP contribution in [0.3, 0.4) is 0 Å². The highest BCUT2D eigenvalue weighted by molar-refractivity contribution is 5.72. The first-order valence-corrected chi connectivity index (χ1v) is 6.36. The number of hydrogen-bond acceptors (Lipinski definition) is 5. The highest BCUT2D eigenvalue weighted by atomic mass is 16.6. The molecule has 116 valence electrons. The summed E-state index contributed by atoms with van der Waals surface area (Å²) >= 11 is 0. The van der Waals surface area contributed by atoms with Gasteiger partial charge in [-0.25, -0.2) is 4.79 Å². The van der Waals surface area contributed by atoms with Crippen LogP contribution in [0.2, 0.25) is 0 Å². The number of benzene rings is 1. The second kappa shape index (κ2) is 6.91. The van der Waals surface area contributed by atoms with Gasteiger partial charge in [-0.1, -0.05) is 24.1 Å². The number of nitro groups is 1. The Morgan fingerprint density at radius 1 is 1.30 bits per heavy atom. The molecule has 0 saturated heterocycles. The molecule has 0 bridgehead atoms. The Balaban J connectivity index is 2.38. The van der Waals surface area contributed by atoms with Crippen molar-refractivity contribution in [3.8, 4) is 18.1 Å². The molecule has 23 heavy (non-hydrogen) atoms. The Hall–Kier alpha value is -3.60. The van der Waals surface area contributed by atoms with Crippen LogP contribution in [0.15, 0.2) is 33.9 Å². The number of rotatable bonds is 5. The smallest absolute Gasteiger partial charge is 0.357 e. The molecular weight excluding hydrogens is 302 g/mol. The third-order valence-corrected chi connectivity index (χ3v) is 2.75. The summed E-state index contributed by atoms with van der Waals surface area (Å²) in [4.78, 5) is 36.9. The molecule has 1 aromatic carbocycles. The number of aromatic nitrogens is 2. The molecule has 0 fully saturated rings. The zero-order valence-corrected chi connectivity index (χ0v) is 11.7. The van der Waals surface area contributed by atoms with E-state index in [1.807, 2.05) is 4.98 Å². The fourth-order valence-corrected chi connectivity index (χ4v) is 1.81. The van der Waals surface area contributed by atoms with Gasteiger partial charge in [0.15, 0.2) is 0 Å². The summed E-state index contributed by atoms with van der Waals surface area (Å²) in [7, 11) is 0. The summed E-state index contributed by atoms with van der Waals surface area (Å²) in [6.45, 7) is 0.111. The minimum atomic E-state index is -1.07. The molecule has 0 aliphatic rings. The first kappa shape index (κ1) is 15.8. The third kappa shape index (κ3) is 3.95. The fraction of sp³-hybridized carbons (Fsp3) is 0.0667. The number of aromatic amines is 2. The molecule has 0 aliphatic heterocycles. The molecule has 2 rings (SSSR count). The van der Waals surface area contributed by atoms with Crippen molar-refractivity contribution >= 4 is 17.8 Å². The van der Waals surface area contributed by atoms with Gasteiger partial charge in [-0.2, -0.15) is 0 Å². The van der Waals surface area contributed by atoms with E-state index in [1.165, 1.54) is 12.2 Å². The van der Waals surface area contributed by atoms with Crippen LogP contribution in [0.5, 0.6) is 5.75 Å². The van der Waals surface area contributed by atoms with Gasteiger partial charge in [-0.3, -0.25) is 19.9 Å². The average molecular weight is 313 g/mol. The molecule has 0 amide bonds. The summed E-state index contributed by atoms with van der Waals surface area (Å²) < 4.78 is 5.26. The van der Waals surface area contributed by atoms with Gasteiger partial charge in [-0.05, 0) is 23.8 Å². The number of hydrogen-bond donors (Lipinski definition) is 2. The Labute approximate surface area is 129 Å². The molecule has 0 radical (unpaired) electrons. The van der Waals surface area contributed by atoms with Crippen molar-refractivity contribution in [1.82, 2.24) is 9.97 Å². The number of ether oxygens (including phenoxy) is 1. The van der Waals surface area contributed by atoms with Crippen molar-refractivity contribution in [3.05, 3.63) is 66.5 Å². The van der Waals surface area contributed by atoms with Crippen molar-refractivity contribution in [3.63, 3.8) is 0 Å². The van der Waals surface area contributed by atoms with E-state index in [1.54, 1.807) is 24.3 Å². The summed E-state index contributed by atoms with van der Waals surface area (Å²) in [6.07, 6.45) is 7.88. The van der Waals surface area contributed by atoms with Gasteiger partial charge in [0.2, 0.25) is 0 Å². The van der Waals surface area contributed by atoms with Gasteiger partial charge >= 0.3 is 16.9 Å². The monoisotopic (exact) mass is 313 g/mol. The average Bonchev–Trinajstić information content (AvgIpc) is 2.50. The highest BCUT2D eigenvalue weighted by Gasteiger charge is 2.18. The van der Waals surface area contributed by atoms with E-state index < -0.39 is 21.9 Å². The van der Waals surface area contributed by atoms with E-state index in [4.69, 9.17) is 11.2 Å². The quantitative estimate of drug-likeness (QED) is 0.488. The second-order valence-electron chi connectivity index (χ2n) is 4.33. The van der Waals surface area contributed by atoms with Crippen molar-refractivity contribution in [1.29, 1.82) is 0 Å². The largest absolute Gasteiger partial charge is 0.481 e. The van der Waals surface area contributed by atoms with Crippen LogP contribution < -0.4 is 16.0 Å². The van der Waals surface area contributed by atoms with E-state index in [2.05, 4.69) is 10.9 Å². The van der Waals surface area contributed by atoms with Crippen molar-refractivity contribution in [2.24, 2.45) is 0 Å². The summed E-state index contributed by atoms with van der Waals surface area (Å²) in [5.41, 5.74) is -2.18. The summed E-state index contributed by atoms with van der Waals surface area (Å²) in [5.74, 6) is 2.86. The molecule has 8 nitrogen and oxygen atoms in total. The lowest BCUT2D eigenvalue weighted by molar-refractivity contribution is -0.386. The molecule has 0 unspecified atom stereocenters. The zero-order valence-electron chi connectivity index (χ0n) is 11.7. The molecule has 0 aliphatic carbocycles. The Morgan fingerprint density at radius 2 is 2.09 bits per heavy atom. The predicted molar refractivity (Wildman–Crippen MR) is 84.0 cm³/mol. The van der Waals surface area contributed by atoms with Crippen LogP contribution in [0, 0.1) is 22.5 Å². The molecule has 1 heterocycles. The molecule has 2 aromatic rings. The zero-order chi connectivity index (χ0) is 16.8. The minimum Gasteiger partial charge on any atom is -0.481 e. The second-order valence-corrected chi connectivity index (χ2v) is 4.33. The topological polar surface area (TPSA) is 118 Å². The molecule has 8 heteroatoms. The lowest BCUT2D eigenvalue weighted by Gasteiger charge is -2.02. The van der Waals surface area contributed by atoms with Gasteiger partial charge in [0.1, 0.15) is 18.1 Å². The lowest BCUT2D eigenvalue weighted by atomic mass is 10.2. The summed E-state index contributed by atoms with van der Waals surface area (Å²) in [6, 6.07) is 6.79. The van der Waals surface area contributed by atoms with E-state index >= 15 is 0 Å². The lowest BCUT2D eigenvalue weighted by Crippen LogP contribution is -2.25.